The average molecular weight is 241 g/mol. The molecule has 1 unspecified atom stereocenters. The van der Waals surface area contributed by atoms with Gasteiger partial charge in [-0.25, -0.2) is 0 Å². The molecule has 0 fully saturated rings. The van der Waals surface area contributed by atoms with Crippen molar-refractivity contribution in [1.29, 1.82) is 0 Å². The van der Waals surface area contributed by atoms with Crippen LogP contribution in [0.25, 0.3) is 0 Å². The van der Waals surface area contributed by atoms with Gasteiger partial charge in [0.05, 0.1) is 11.3 Å². The molecule has 1 atom stereocenters. The minimum Gasteiger partial charge on any atom is -0.388 e. The SMILES string of the molecule is Cc1noc(C)c1CNCC(C)(O)CN(C)C. The minimum absolute atomic E-state index is 0.537. The van der Waals surface area contributed by atoms with E-state index in [0.29, 0.717) is 19.6 Å². The van der Waals surface area contributed by atoms with Gasteiger partial charge in [-0.3, -0.25) is 0 Å². The summed E-state index contributed by atoms with van der Waals surface area (Å²) in [5.74, 6) is 0.835. The van der Waals surface area contributed by atoms with Crippen molar-refractivity contribution >= 4 is 0 Å². The van der Waals surface area contributed by atoms with Gasteiger partial charge in [0.25, 0.3) is 0 Å². The van der Waals surface area contributed by atoms with Crippen LogP contribution in [-0.4, -0.2) is 47.9 Å². The Morgan fingerprint density at radius 3 is 2.53 bits per heavy atom. The van der Waals surface area contributed by atoms with Gasteiger partial charge in [0.15, 0.2) is 0 Å². The molecule has 1 aromatic rings. The molecule has 0 aromatic carbocycles. The first kappa shape index (κ1) is 14.2. The van der Waals surface area contributed by atoms with Crippen LogP contribution in [0.2, 0.25) is 0 Å². The number of rotatable bonds is 6. The third-order valence-corrected chi connectivity index (χ3v) is 2.65. The Morgan fingerprint density at radius 2 is 2.06 bits per heavy atom. The molecule has 0 aliphatic carbocycles. The van der Waals surface area contributed by atoms with E-state index in [2.05, 4.69) is 10.5 Å². The number of hydrogen-bond acceptors (Lipinski definition) is 5. The lowest BCUT2D eigenvalue weighted by atomic mass is 10.1. The molecule has 1 rings (SSSR count). The lowest BCUT2D eigenvalue weighted by Gasteiger charge is -2.27. The highest BCUT2D eigenvalue weighted by Crippen LogP contribution is 2.12. The Kier molecular flexibility index (Phi) is 4.68. The summed E-state index contributed by atoms with van der Waals surface area (Å²) in [6.45, 7) is 7.48. The monoisotopic (exact) mass is 241 g/mol. The average Bonchev–Trinajstić information content (AvgIpc) is 2.46. The van der Waals surface area contributed by atoms with Crippen molar-refractivity contribution in [1.82, 2.24) is 15.4 Å². The van der Waals surface area contributed by atoms with Crippen molar-refractivity contribution < 1.29 is 9.63 Å². The molecule has 0 bridgehead atoms. The second-order valence-corrected chi connectivity index (χ2v) is 5.14. The first-order valence-electron chi connectivity index (χ1n) is 5.81. The minimum atomic E-state index is -0.734. The highest BCUT2D eigenvalue weighted by atomic mass is 16.5. The maximum absolute atomic E-state index is 10.1. The molecule has 17 heavy (non-hydrogen) atoms. The number of aryl methyl sites for hydroxylation is 2. The van der Waals surface area contributed by atoms with Crippen LogP contribution in [0.1, 0.15) is 23.9 Å². The number of hydrogen-bond donors (Lipinski definition) is 2. The van der Waals surface area contributed by atoms with Gasteiger partial charge in [-0.2, -0.15) is 0 Å². The van der Waals surface area contributed by atoms with E-state index in [4.69, 9.17) is 4.52 Å². The Labute approximate surface area is 103 Å². The number of likely N-dealkylation sites (N-methyl/N-ethyl adjacent to an activating group) is 1. The maximum atomic E-state index is 10.1. The van der Waals surface area contributed by atoms with Gasteiger partial charge < -0.3 is 19.8 Å². The molecule has 1 aromatic heterocycles. The van der Waals surface area contributed by atoms with E-state index < -0.39 is 5.60 Å². The van der Waals surface area contributed by atoms with Crippen molar-refractivity contribution in [3.63, 3.8) is 0 Å². The molecular formula is C12H23N3O2. The summed E-state index contributed by atoms with van der Waals surface area (Å²) < 4.78 is 5.08. The lowest BCUT2D eigenvalue weighted by Crippen LogP contribution is -2.45. The number of aromatic nitrogens is 1. The van der Waals surface area contributed by atoms with E-state index in [1.165, 1.54) is 0 Å². The highest BCUT2D eigenvalue weighted by Gasteiger charge is 2.21. The number of nitrogens with zero attached hydrogens (tertiary/aromatic N) is 2. The van der Waals surface area contributed by atoms with E-state index in [-0.39, 0.29) is 0 Å². The van der Waals surface area contributed by atoms with Gasteiger partial charge in [0, 0.05) is 25.2 Å². The summed E-state index contributed by atoms with van der Waals surface area (Å²) in [5, 5.41) is 17.2. The largest absolute Gasteiger partial charge is 0.388 e. The zero-order valence-electron chi connectivity index (χ0n) is 11.4. The Balaban J connectivity index is 2.42. The predicted molar refractivity (Wildman–Crippen MR) is 66.9 cm³/mol. The molecule has 5 nitrogen and oxygen atoms in total. The summed E-state index contributed by atoms with van der Waals surface area (Å²) in [4.78, 5) is 1.97. The second kappa shape index (κ2) is 5.62. The van der Waals surface area contributed by atoms with Gasteiger partial charge >= 0.3 is 0 Å². The molecule has 0 saturated heterocycles. The summed E-state index contributed by atoms with van der Waals surface area (Å²) >= 11 is 0. The van der Waals surface area contributed by atoms with E-state index in [9.17, 15) is 5.11 Å². The van der Waals surface area contributed by atoms with E-state index in [1.807, 2.05) is 39.8 Å². The van der Waals surface area contributed by atoms with Gasteiger partial charge in [-0.05, 0) is 34.9 Å². The summed E-state index contributed by atoms with van der Waals surface area (Å²) in [5.41, 5.74) is 1.25. The molecule has 98 valence electrons. The van der Waals surface area contributed by atoms with Crippen molar-refractivity contribution in [2.45, 2.75) is 32.9 Å². The molecule has 2 N–H and O–H groups in total. The standard InChI is InChI=1S/C12H23N3O2/c1-9-11(10(2)17-14-9)6-13-7-12(3,16)8-15(4)5/h13,16H,6-8H2,1-5H3. The van der Waals surface area contributed by atoms with Crippen molar-refractivity contribution in [3.05, 3.63) is 17.0 Å². The van der Waals surface area contributed by atoms with Crippen LogP contribution in [0.4, 0.5) is 0 Å². The normalized spacial score (nSPS) is 15.2. The van der Waals surface area contributed by atoms with Crippen LogP contribution < -0.4 is 5.32 Å². The topological polar surface area (TPSA) is 61.5 Å². The molecule has 0 aliphatic heterocycles. The molecule has 0 spiro atoms. The van der Waals surface area contributed by atoms with Gasteiger partial charge in [0.2, 0.25) is 0 Å². The van der Waals surface area contributed by atoms with Crippen molar-refractivity contribution in [2.24, 2.45) is 0 Å². The van der Waals surface area contributed by atoms with Crippen LogP contribution in [0.5, 0.6) is 0 Å². The van der Waals surface area contributed by atoms with Crippen LogP contribution in [0.15, 0.2) is 4.52 Å². The zero-order chi connectivity index (χ0) is 13.1. The summed E-state index contributed by atoms with van der Waals surface area (Å²) in [7, 11) is 3.89. The second-order valence-electron chi connectivity index (χ2n) is 5.14. The fourth-order valence-electron chi connectivity index (χ4n) is 1.95. The van der Waals surface area contributed by atoms with E-state index >= 15 is 0 Å². The van der Waals surface area contributed by atoms with Crippen LogP contribution in [-0.2, 0) is 6.54 Å². The van der Waals surface area contributed by atoms with Gasteiger partial charge in [-0.15, -0.1) is 0 Å². The predicted octanol–water partition coefficient (Wildman–Crippen LogP) is 0.694. The van der Waals surface area contributed by atoms with Crippen molar-refractivity contribution in [3.8, 4) is 0 Å². The Hall–Kier alpha value is -0.910. The highest BCUT2D eigenvalue weighted by molar-refractivity contribution is 5.20. The number of nitrogens with one attached hydrogen (secondary N) is 1. The quantitative estimate of drug-likeness (QED) is 0.767. The van der Waals surface area contributed by atoms with Crippen LogP contribution in [0.3, 0.4) is 0 Å². The molecule has 0 amide bonds. The van der Waals surface area contributed by atoms with E-state index in [1.54, 1.807) is 0 Å². The van der Waals surface area contributed by atoms with Gasteiger partial charge in [0.1, 0.15) is 5.76 Å². The summed E-state index contributed by atoms with van der Waals surface area (Å²) in [6, 6.07) is 0. The van der Waals surface area contributed by atoms with Crippen LogP contribution in [0, 0.1) is 13.8 Å². The Morgan fingerprint density at radius 1 is 1.41 bits per heavy atom. The molecule has 0 aliphatic rings. The fourth-order valence-corrected chi connectivity index (χ4v) is 1.95. The first-order chi connectivity index (χ1) is 7.82. The third kappa shape index (κ3) is 4.46. The third-order valence-electron chi connectivity index (χ3n) is 2.65. The number of aliphatic hydroxyl groups is 1. The molecule has 0 saturated carbocycles. The summed E-state index contributed by atoms with van der Waals surface area (Å²) in [6.07, 6.45) is 0. The molecule has 5 heteroatoms. The van der Waals surface area contributed by atoms with Gasteiger partial charge in [-0.1, -0.05) is 5.16 Å². The molecule has 1 heterocycles. The first-order valence-corrected chi connectivity index (χ1v) is 5.81. The van der Waals surface area contributed by atoms with Crippen molar-refractivity contribution in [2.75, 3.05) is 27.2 Å². The molecular weight excluding hydrogens is 218 g/mol. The molecule has 0 radical (unpaired) electrons. The smallest absolute Gasteiger partial charge is 0.138 e. The fraction of sp³-hybridized carbons (Fsp3) is 0.750. The van der Waals surface area contributed by atoms with E-state index in [0.717, 1.165) is 17.0 Å². The Bertz CT molecular complexity index is 339. The van der Waals surface area contributed by atoms with Crippen LogP contribution >= 0.6 is 0 Å². The lowest BCUT2D eigenvalue weighted by molar-refractivity contribution is 0.0335. The maximum Gasteiger partial charge on any atom is 0.138 e. The zero-order valence-corrected chi connectivity index (χ0v) is 11.4.